The summed E-state index contributed by atoms with van der Waals surface area (Å²) in [5, 5.41) is 4.30. The minimum Gasteiger partial charge on any atom is -0.439 e. The Kier molecular flexibility index (Phi) is 3.48. The molecule has 1 aromatic carbocycles. The van der Waals surface area contributed by atoms with Gasteiger partial charge in [0.1, 0.15) is 11.2 Å². The predicted molar refractivity (Wildman–Crippen MR) is 78.7 cm³/mol. The smallest absolute Gasteiger partial charge is 0.434 e. The molecule has 0 bridgehead atoms. The minimum atomic E-state index is -4.52. The summed E-state index contributed by atoms with van der Waals surface area (Å²) < 4.78 is 45.3. The van der Waals surface area contributed by atoms with Gasteiger partial charge in [-0.05, 0) is 28.1 Å². The minimum absolute atomic E-state index is 0.129. The second-order valence-electron chi connectivity index (χ2n) is 4.64. The summed E-state index contributed by atoms with van der Waals surface area (Å²) in [4.78, 5) is 4.19. The fourth-order valence-corrected chi connectivity index (χ4v) is 3.22. The molecule has 0 saturated heterocycles. The summed E-state index contributed by atoms with van der Waals surface area (Å²) in [6.07, 6.45) is -4.52. The van der Waals surface area contributed by atoms with Gasteiger partial charge in [0.25, 0.3) is 0 Å². The average Bonchev–Trinajstić information content (AvgIpc) is 2.90. The highest BCUT2D eigenvalue weighted by Gasteiger charge is 2.39. The largest absolute Gasteiger partial charge is 0.439 e. The van der Waals surface area contributed by atoms with Crippen molar-refractivity contribution in [2.24, 2.45) is 7.05 Å². The van der Waals surface area contributed by atoms with E-state index in [1.807, 2.05) is 0 Å². The molecule has 0 N–H and O–H groups in total. The number of aryl methyl sites for hydroxylation is 2. The summed E-state index contributed by atoms with van der Waals surface area (Å²) in [6.45, 7) is 1.63. The lowest BCUT2D eigenvalue weighted by molar-refractivity contribution is -0.144. The number of aromatic nitrogens is 3. The van der Waals surface area contributed by atoms with Crippen molar-refractivity contribution in [1.82, 2.24) is 14.8 Å². The number of benzene rings is 1. The van der Waals surface area contributed by atoms with Gasteiger partial charge in [-0.15, -0.1) is 0 Å². The number of oxazole rings is 1. The van der Waals surface area contributed by atoms with Crippen LogP contribution in [0.25, 0.3) is 22.4 Å². The molecule has 0 fully saturated rings. The van der Waals surface area contributed by atoms with Gasteiger partial charge >= 0.3 is 6.18 Å². The van der Waals surface area contributed by atoms with Crippen molar-refractivity contribution in [1.29, 1.82) is 0 Å². The highest BCUT2D eigenvalue weighted by molar-refractivity contribution is 9.10. The summed E-state index contributed by atoms with van der Waals surface area (Å²) in [7, 11) is 1.23. The zero-order valence-electron chi connectivity index (χ0n) is 11.3. The zero-order chi connectivity index (χ0) is 16.2. The van der Waals surface area contributed by atoms with Gasteiger partial charge < -0.3 is 4.42 Å². The van der Waals surface area contributed by atoms with E-state index in [4.69, 9.17) is 16.0 Å². The SMILES string of the molecule is Cc1nc2c(-c3nn(C)c(C(F)(F)F)c3Br)ccc(Cl)c2o1. The first kappa shape index (κ1) is 15.4. The van der Waals surface area contributed by atoms with Gasteiger partial charge in [0, 0.05) is 19.5 Å². The third-order valence-electron chi connectivity index (χ3n) is 3.12. The number of fused-ring (bicyclic) bond motifs is 1. The van der Waals surface area contributed by atoms with Gasteiger partial charge in [-0.2, -0.15) is 18.3 Å². The lowest BCUT2D eigenvalue weighted by Crippen LogP contribution is -2.12. The Morgan fingerprint density at radius 1 is 1.32 bits per heavy atom. The molecule has 0 radical (unpaired) electrons. The monoisotopic (exact) mass is 393 g/mol. The quantitative estimate of drug-likeness (QED) is 0.585. The van der Waals surface area contributed by atoms with Crippen molar-refractivity contribution >= 4 is 38.6 Å². The highest BCUT2D eigenvalue weighted by Crippen LogP contribution is 2.42. The van der Waals surface area contributed by atoms with E-state index in [-0.39, 0.29) is 10.2 Å². The maximum absolute atomic E-state index is 13.1. The first-order valence-electron chi connectivity index (χ1n) is 6.06. The number of hydrogen-bond acceptors (Lipinski definition) is 3. The van der Waals surface area contributed by atoms with Crippen molar-refractivity contribution in [3.63, 3.8) is 0 Å². The average molecular weight is 395 g/mol. The van der Waals surface area contributed by atoms with Gasteiger partial charge in [0.05, 0.1) is 9.50 Å². The summed E-state index contributed by atoms with van der Waals surface area (Å²) in [5.74, 6) is 0.368. The van der Waals surface area contributed by atoms with E-state index >= 15 is 0 Å². The summed E-state index contributed by atoms with van der Waals surface area (Å²) in [5.41, 5.74) is 0.366. The molecule has 116 valence electrons. The molecule has 9 heteroatoms. The van der Waals surface area contributed by atoms with Crippen LogP contribution in [0, 0.1) is 6.92 Å². The number of halogens is 5. The molecule has 2 heterocycles. The normalized spacial score (nSPS) is 12.3. The lowest BCUT2D eigenvalue weighted by Gasteiger charge is -2.06. The van der Waals surface area contributed by atoms with Crippen molar-refractivity contribution in [3.05, 3.63) is 33.2 Å². The molecular weight excluding hydrogens is 387 g/mol. The molecule has 2 aromatic heterocycles. The van der Waals surface area contributed by atoms with E-state index in [0.717, 1.165) is 4.68 Å². The Morgan fingerprint density at radius 3 is 2.59 bits per heavy atom. The molecule has 0 atom stereocenters. The van der Waals surface area contributed by atoms with Crippen molar-refractivity contribution < 1.29 is 17.6 Å². The van der Waals surface area contributed by atoms with Crippen molar-refractivity contribution in [2.45, 2.75) is 13.1 Å². The van der Waals surface area contributed by atoms with Gasteiger partial charge in [0.15, 0.2) is 17.2 Å². The summed E-state index contributed by atoms with van der Waals surface area (Å²) >= 11 is 9.02. The Balaban J connectivity index is 2.32. The maximum Gasteiger partial charge on any atom is 0.434 e. The first-order chi connectivity index (χ1) is 10.2. The fraction of sp³-hybridized carbons (Fsp3) is 0.231. The Hall–Kier alpha value is -1.54. The Bertz CT molecular complexity index is 885. The molecule has 0 unspecified atom stereocenters. The van der Waals surface area contributed by atoms with Crippen LogP contribution in [-0.2, 0) is 13.2 Å². The van der Waals surface area contributed by atoms with Gasteiger partial charge in [-0.3, -0.25) is 4.68 Å². The molecule has 22 heavy (non-hydrogen) atoms. The van der Waals surface area contributed by atoms with E-state index in [2.05, 4.69) is 26.0 Å². The van der Waals surface area contributed by atoms with Gasteiger partial charge in [-0.1, -0.05) is 11.6 Å². The highest BCUT2D eigenvalue weighted by atomic mass is 79.9. The molecular formula is C13H8BrClF3N3O. The second kappa shape index (κ2) is 4.99. The van der Waals surface area contributed by atoms with Gasteiger partial charge in [0.2, 0.25) is 0 Å². The van der Waals surface area contributed by atoms with Crippen LogP contribution >= 0.6 is 27.5 Å². The predicted octanol–water partition coefficient (Wildman–Crippen LogP) is 4.97. The molecule has 4 nitrogen and oxygen atoms in total. The lowest BCUT2D eigenvalue weighted by atomic mass is 10.1. The third-order valence-corrected chi connectivity index (χ3v) is 4.16. The van der Waals surface area contributed by atoms with E-state index in [1.165, 1.54) is 13.1 Å². The zero-order valence-corrected chi connectivity index (χ0v) is 13.6. The molecule has 3 rings (SSSR count). The van der Waals surface area contributed by atoms with Crippen LogP contribution in [0.3, 0.4) is 0 Å². The van der Waals surface area contributed by atoms with Crippen LogP contribution in [0.15, 0.2) is 21.0 Å². The van der Waals surface area contributed by atoms with Crippen LogP contribution in [0.4, 0.5) is 13.2 Å². The molecule has 0 aliphatic rings. The first-order valence-corrected chi connectivity index (χ1v) is 7.23. The fourth-order valence-electron chi connectivity index (χ4n) is 2.25. The molecule has 0 aliphatic heterocycles. The van der Waals surface area contributed by atoms with Crippen LogP contribution in [0.5, 0.6) is 0 Å². The van der Waals surface area contributed by atoms with Crippen LogP contribution < -0.4 is 0 Å². The van der Waals surface area contributed by atoms with E-state index < -0.39 is 11.9 Å². The van der Waals surface area contributed by atoms with Crippen LogP contribution in [-0.4, -0.2) is 14.8 Å². The standard InChI is InChI=1S/C13H8BrClF3N3O/c1-5-19-10-6(3-4-7(15)11(10)22-5)9-8(14)12(13(16,17)18)21(2)20-9/h3-4H,1-2H3. The van der Waals surface area contributed by atoms with E-state index in [1.54, 1.807) is 13.0 Å². The number of hydrogen-bond donors (Lipinski definition) is 0. The molecule has 0 saturated carbocycles. The van der Waals surface area contributed by atoms with E-state index in [0.29, 0.717) is 27.6 Å². The summed E-state index contributed by atoms with van der Waals surface area (Å²) in [6, 6.07) is 3.11. The Labute approximate surface area is 136 Å². The van der Waals surface area contributed by atoms with Crippen LogP contribution in [0.1, 0.15) is 11.6 Å². The third kappa shape index (κ3) is 2.30. The molecule has 3 aromatic rings. The molecule has 0 amide bonds. The number of rotatable bonds is 1. The second-order valence-corrected chi connectivity index (χ2v) is 5.84. The van der Waals surface area contributed by atoms with Crippen LogP contribution in [0.2, 0.25) is 5.02 Å². The number of alkyl halides is 3. The van der Waals surface area contributed by atoms with Crippen molar-refractivity contribution in [2.75, 3.05) is 0 Å². The Morgan fingerprint density at radius 2 is 2.00 bits per heavy atom. The van der Waals surface area contributed by atoms with Gasteiger partial charge in [-0.25, -0.2) is 4.98 Å². The number of nitrogens with zero attached hydrogens (tertiary/aromatic N) is 3. The molecule has 0 spiro atoms. The molecule has 0 aliphatic carbocycles. The van der Waals surface area contributed by atoms with Crippen molar-refractivity contribution in [3.8, 4) is 11.3 Å². The topological polar surface area (TPSA) is 43.9 Å². The van der Waals surface area contributed by atoms with E-state index in [9.17, 15) is 13.2 Å². The maximum atomic E-state index is 13.1.